The van der Waals surface area contributed by atoms with Crippen molar-refractivity contribution in [2.45, 2.75) is 56.5 Å². The predicted octanol–water partition coefficient (Wildman–Crippen LogP) is 1.80. The number of halogens is 2. The Balaban J connectivity index is 0.000001000. The molecule has 4 nitrogen and oxygen atoms in total. The number of nitrogens with zero attached hydrogens (tertiary/aromatic N) is 2. The summed E-state index contributed by atoms with van der Waals surface area (Å²) in [6.45, 7) is 4.36. The van der Waals surface area contributed by atoms with Crippen molar-refractivity contribution in [3.05, 3.63) is 0 Å². The van der Waals surface area contributed by atoms with Gasteiger partial charge >= 0.3 is 0 Å². The molecule has 2 aliphatic heterocycles. The summed E-state index contributed by atoms with van der Waals surface area (Å²) in [5, 5.41) is 0. The van der Waals surface area contributed by atoms with E-state index in [9.17, 15) is 4.79 Å². The van der Waals surface area contributed by atoms with E-state index in [4.69, 9.17) is 5.73 Å². The molecule has 0 spiro atoms. The van der Waals surface area contributed by atoms with Crippen LogP contribution in [0, 0.1) is 0 Å². The number of hydrogen-bond donors (Lipinski definition) is 1. The first-order chi connectivity index (χ1) is 8.69. The SMILES string of the molecule is Cl.Cl.NC1(C(=O)N2CCCC(N3CCCC3)CC2)CC1. The molecule has 0 aromatic heterocycles. The fourth-order valence-electron chi connectivity index (χ4n) is 3.42. The molecule has 1 amide bonds. The molecule has 2 N–H and O–H groups in total. The van der Waals surface area contributed by atoms with E-state index in [1.165, 1.54) is 32.4 Å². The molecule has 1 unspecified atom stereocenters. The summed E-state index contributed by atoms with van der Waals surface area (Å²) in [7, 11) is 0. The highest BCUT2D eigenvalue weighted by molar-refractivity contribution is 5.89. The Labute approximate surface area is 134 Å². The van der Waals surface area contributed by atoms with Crippen LogP contribution in [-0.4, -0.2) is 53.5 Å². The van der Waals surface area contributed by atoms with Crippen molar-refractivity contribution < 1.29 is 4.79 Å². The van der Waals surface area contributed by atoms with Gasteiger partial charge in [0.15, 0.2) is 0 Å². The van der Waals surface area contributed by atoms with Gasteiger partial charge in [-0.1, -0.05) is 0 Å². The predicted molar refractivity (Wildman–Crippen MR) is 85.7 cm³/mol. The number of carbonyl (C=O) groups is 1. The molecule has 6 heteroatoms. The van der Waals surface area contributed by atoms with Crippen LogP contribution in [-0.2, 0) is 4.79 Å². The molecule has 0 aromatic carbocycles. The molecule has 1 saturated carbocycles. The summed E-state index contributed by atoms with van der Waals surface area (Å²) in [6.07, 6.45) is 8.01. The Kier molecular flexibility index (Phi) is 6.58. The van der Waals surface area contributed by atoms with Crippen LogP contribution in [0.1, 0.15) is 44.9 Å². The zero-order valence-corrected chi connectivity index (χ0v) is 13.7. The number of rotatable bonds is 2. The summed E-state index contributed by atoms with van der Waals surface area (Å²) in [5.41, 5.74) is 5.55. The topological polar surface area (TPSA) is 49.6 Å². The fourth-order valence-corrected chi connectivity index (χ4v) is 3.42. The van der Waals surface area contributed by atoms with Crippen molar-refractivity contribution in [1.82, 2.24) is 9.80 Å². The summed E-state index contributed by atoms with van der Waals surface area (Å²) in [5.74, 6) is 0.213. The zero-order valence-electron chi connectivity index (χ0n) is 12.1. The minimum absolute atomic E-state index is 0. The van der Waals surface area contributed by atoms with Gasteiger partial charge in [-0.3, -0.25) is 4.79 Å². The van der Waals surface area contributed by atoms with Gasteiger partial charge in [0.25, 0.3) is 0 Å². The molecule has 0 radical (unpaired) electrons. The smallest absolute Gasteiger partial charge is 0.242 e. The van der Waals surface area contributed by atoms with E-state index in [1.807, 2.05) is 4.90 Å². The third-order valence-corrected chi connectivity index (χ3v) is 4.86. The van der Waals surface area contributed by atoms with Gasteiger partial charge in [-0.15, -0.1) is 24.8 Å². The first-order valence-corrected chi connectivity index (χ1v) is 7.51. The van der Waals surface area contributed by atoms with Gasteiger partial charge < -0.3 is 15.5 Å². The van der Waals surface area contributed by atoms with Crippen molar-refractivity contribution in [2.75, 3.05) is 26.2 Å². The highest BCUT2D eigenvalue weighted by Gasteiger charge is 2.48. The minimum atomic E-state index is -0.479. The van der Waals surface area contributed by atoms with Gasteiger partial charge in [0.05, 0.1) is 5.54 Å². The molecule has 0 bridgehead atoms. The summed E-state index contributed by atoms with van der Waals surface area (Å²) in [6, 6.07) is 0.707. The molecule has 118 valence electrons. The molecule has 1 atom stereocenters. The summed E-state index contributed by atoms with van der Waals surface area (Å²) >= 11 is 0. The van der Waals surface area contributed by atoms with Crippen LogP contribution in [0.3, 0.4) is 0 Å². The maximum atomic E-state index is 12.3. The van der Waals surface area contributed by atoms with Gasteiger partial charge in [0.1, 0.15) is 0 Å². The van der Waals surface area contributed by atoms with E-state index in [0.717, 1.165) is 38.8 Å². The van der Waals surface area contributed by atoms with Gasteiger partial charge in [0.2, 0.25) is 5.91 Å². The monoisotopic (exact) mass is 323 g/mol. The van der Waals surface area contributed by atoms with Crippen LogP contribution in [0.15, 0.2) is 0 Å². The Morgan fingerprint density at radius 1 is 0.950 bits per heavy atom. The molecular formula is C14H27Cl2N3O. The molecule has 0 aromatic rings. The van der Waals surface area contributed by atoms with Gasteiger partial charge in [0, 0.05) is 19.1 Å². The Morgan fingerprint density at radius 2 is 1.60 bits per heavy atom. The molecule has 2 saturated heterocycles. The van der Waals surface area contributed by atoms with E-state index in [1.54, 1.807) is 0 Å². The highest BCUT2D eigenvalue weighted by Crippen LogP contribution is 2.35. The van der Waals surface area contributed by atoms with Crippen LogP contribution in [0.25, 0.3) is 0 Å². The maximum absolute atomic E-state index is 12.3. The van der Waals surface area contributed by atoms with E-state index in [2.05, 4.69) is 4.90 Å². The lowest BCUT2D eigenvalue weighted by molar-refractivity contribution is -0.133. The second-order valence-electron chi connectivity index (χ2n) is 6.28. The third-order valence-electron chi connectivity index (χ3n) is 4.86. The van der Waals surface area contributed by atoms with Crippen LogP contribution >= 0.6 is 24.8 Å². The minimum Gasteiger partial charge on any atom is -0.341 e. The summed E-state index contributed by atoms with van der Waals surface area (Å²) in [4.78, 5) is 16.9. The molecule has 1 aliphatic carbocycles. The average molecular weight is 324 g/mol. The first kappa shape index (κ1) is 18.0. The maximum Gasteiger partial charge on any atom is 0.242 e. The average Bonchev–Trinajstić information content (AvgIpc) is 2.98. The van der Waals surface area contributed by atoms with Crippen LogP contribution in [0.4, 0.5) is 0 Å². The fraction of sp³-hybridized carbons (Fsp3) is 0.929. The summed E-state index contributed by atoms with van der Waals surface area (Å²) < 4.78 is 0. The third kappa shape index (κ3) is 3.79. The van der Waals surface area contributed by atoms with E-state index in [0.29, 0.717) is 6.04 Å². The van der Waals surface area contributed by atoms with Crippen LogP contribution < -0.4 is 5.73 Å². The Morgan fingerprint density at radius 3 is 2.20 bits per heavy atom. The molecule has 20 heavy (non-hydrogen) atoms. The lowest BCUT2D eigenvalue weighted by Crippen LogP contribution is -2.46. The Bertz CT molecular complexity index is 330. The van der Waals surface area contributed by atoms with Gasteiger partial charge in [-0.05, 0) is 58.0 Å². The lowest BCUT2D eigenvalue weighted by atomic mass is 10.1. The van der Waals surface area contributed by atoms with Gasteiger partial charge in [-0.2, -0.15) is 0 Å². The van der Waals surface area contributed by atoms with Crippen LogP contribution in [0.5, 0.6) is 0 Å². The zero-order chi connectivity index (χ0) is 12.6. The Hall–Kier alpha value is -0.0300. The number of nitrogens with two attached hydrogens (primary N) is 1. The molecular weight excluding hydrogens is 297 g/mol. The van der Waals surface area contributed by atoms with E-state index in [-0.39, 0.29) is 30.7 Å². The number of carbonyl (C=O) groups excluding carboxylic acids is 1. The second kappa shape index (κ2) is 7.30. The second-order valence-corrected chi connectivity index (χ2v) is 6.28. The van der Waals surface area contributed by atoms with E-state index < -0.39 is 5.54 Å². The standard InChI is InChI=1S/C14H25N3O.2ClH/c15-14(6-7-14)13(18)17-10-3-4-12(5-11-17)16-8-1-2-9-16;;/h12H,1-11,15H2;2*1H. The van der Waals surface area contributed by atoms with Crippen LogP contribution in [0.2, 0.25) is 0 Å². The van der Waals surface area contributed by atoms with Crippen molar-refractivity contribution in [3.63, 3.8) is 0 Å². The van der Waals surface area contributed by atoms with Crippen molar-refractivity contribution in [1.29, 1.82) is 0 Å². The first-order valence-electron chi connectivity index (χ1n) is 7.51. The van der Waals surface area contributed by atoms with Crippen molar-refractivity contribution >= 4 is 30.7 Å². The molecule has 2 heterocycles. The highest BCUT2D eigenvalue weighted by atomic mass is 35.5. The molecule has 3 aliphatic rings. The normalized spacial score (nSPS) is 29.1. The van der Waals surface area contributed by atoms with Gasteiger partial charge in [-0.25, -0.2) is 0 Å². The number of amides is 1. The quantitative estimate of drug-likeness (QED) is 0.843. The molecule has 3 fully saturated rings. The number of likely N-dealkylation sites (tertiary alicyclic amines) is 2. The van der Waals surface area contributed by atoms with E-state index >= 15 is 0 Å². The number of hydrogen-bond acceptors (Lipinski definition) is 3. The van der Waals surface area contributed by atoms with Crippen molar-refractivity contribution in [2.24, 2.45) is 5.73 Å². The van der Waals surface area contributed by atoms with Crippen molar-refractivity contribution in [3.8, 4) is 0 Å². The molecule has 3 rings (SSSR count). The largest absolute Gasteiger partial charge is 0.341 e. The lowest BCUT2D eigenvalue weighted by Gasteiger charge is -2.27.